The zero-order chi connectivity index (χ0) is 25.8. The number of oxime groups is 1. The van der Waals surface area contributed by atoms with Crippen molar-refractivity contribution in [2.45, 2.75) is 108 Å². The van der Waals surface area contributed by atoms with E-state index in [2.05, 4.69) is 15.5 Å². The molecule has 4 bridgehead atoms. The van der Waals surface area contributed by atoms with Crippen molar-refractivity contribution in [2.24, 2.45) is 17.0 Å². The second kappa shape index (κ2) is 11.8. The van der Waals surface area contributed by atoms with Gasteiger partial charge in [-0.25, -0.2) is 4.98 Å². The molecule has 0 radical (unpaired) electrons. The minimum atomic E-state index is -1.02. The molecular weight excluding hydrogens is 468 g/mol. The Morgan fingerprint density at radius 1 is 0.946 bits per heavy atom. The molecule has 4 aliphatic rings. The number of para-hydroxylation sites is 2. The van der Waals surface area contributed by atoms with Crippen molar-refractivity contribution in [1.29, 1.82) is 0 Å². The van der Waals surface area contributed by atoms with E-state index in [0.717, 1.165) is 43.0 Å². The average Bonchev–Trinajstić information content (AvgIpc) is 2.89. The first-order valence-corrected chi connectivity index (χ1v) is 14.2. The summed E-state index contributed by atoms with van der Waals surface area (Å²) < 4.78 is 1.79. The van der Waals surface area contributed by atoms with Crippen LogP contribution >= 0.6 is 0 Å². The smallest absolute Gasteiger partial charge is 0.303 e. The van der Waals surface area contributed by atoms with Gasteiger partial charge in [-0.3, -0.25) is 9.59 Å². The molecule has 1 aromatic carbocycles. The Morgan fingerprint density at radius 2 is 1.57 bits per heavy atom. The minimum absolute atomic E-state index is 0.0148. The van der Waals surface area contributed by atoms with E-state index < -0.39 is 5.97 Å². The van der Waals surface area contributed by atoms with Gasteiger partial charge in [0.25, 0.3) is 5.56 Å². The van der Waals surface area contributed by atoms with Gasteiger partial charge in [-0.15, -0.1) is 0 Å². The van der Waals surface area contributed by atoms with Crippen LogP contribution in [0.15, 0.2) is 34.2 Å². The monoisotopic (exact) mass is 508 g/mol. The fourth-order valence-electron chi connectivity index (χ4n) is 7.21. The highest BCUT2D eigenvalue weighted by molar-refractivity contribution is 6.00. The van der Waals surface area contributed by atoms with Gasteiger partial charge < -0.3 is 20.2 Å². The van der Waals surface area contributed by atoms with Gasteiger partial charge in [-0.05, 0) is 56.1 Å². The molecule has 2 saturated carbocycles. The van der Waals surface area contributed by atoms with E-state index >= 15 is 0 Å². The van der Waals surface area contributed by atoms with Crippen molar-refractivity contribution in [2.75, 3.05) is 0 Å². The molecule has 2 aliphatic heterocycles. The van der Waals surface area contributed by atoms with E-state index in [1.54, 1.807) is 36.7 Å². The molecule has 37 heavy (non-hydrogen) atoms. The molecule has 0 amide bonds. The lowest BCUT2D eigenvalue weighted by atomic mass is 9.72. The summed E-state index contributed by atoms with van der Waals surface area (Å²) in [6.07, 6.45) is 15.7. The molecule has 3 N–H and O–H groups in total. The Hall–Kier alpha value is -2.74. The van der Waals surface area contributed by atoms with E-state index in [1.807, 2.05) is 24.3 Å². The molecule has 8 heteroatoms. The first-order valence-electron chi connectivity index (χ1n) is 14.2. The van der Waals surface area contributed by atoms with Gasteiger partial charge >= 0.3 is 5.97 Å². The number of carboxylic acids is 1. The van der Waals surface area contributed by atoms with Crippen LogP contribution in [0.2, 0.25) is 0 Å². The maximum atomic E-state index is 13.4. The molecule has 2 saturated heterocycles. The molecule has 2 aromatic rings. The number of benzene rings is 1. The van der Waals surface area contributed by atoms with E-state index in [1.165, 1.54) is 19.3 Å². The number of carbonyl (C=O) groups is 1. The number of fused-ring (bicyclic) bond motifs is 5. The quantitative estimate of drug-likeness (QED) is 0.288. The molecule has 0 spiro atoms. The fraction of sp³-hybridized carbons (Fsp3) is 0.655. The summed E-state index contributed by atoms with van der Waals surface area (Å²) >= 11 is 0. The molecule has 3 heterocycles. The van der Waals surface area contributed by atoms with Gasteiger partial charge in [0.1, 0.15) is 5.71 Å². The predicted molar refractivity (Wildman–Crippen MR) is 143 cm³/mol. The lowest BCUT2D eigenvalue weighted by Gasteiger charge is -2.41. The van der Waals surface area contributed by atoms with Crippen LogP contribution in [-0.2, 0) is 4.79 Å². The first-order chi connectivity index (χ1) is 18.0. The highest BCUT2D eigenvalue weighted by atomic mass is 16.4. The molecule has 2 atom stereocenters. The number of carboxylic acid groups (broad SMARTS) is 1. The maximum Gasteiger partial charge on any atom is 0.303 e. The average molecular weight is 509 g/mol. The van der Waals surface area contributed by atoms with Gasteiger partial charge in [0.05, 0.1) is 17.5 Å². The topological polar surface area (TPSA) is 117 Å². The van der Waals surface area contributed by atoms with Crippen LogP contribution in [0.3, 0.4) is 0 Å². The molecule has 2 unspecified atom stereocenters. The zero-order valence-corrected chi connectivity index (χ0v) is 21.6. The highest BCUT2D eigenvalue weighted by Gasteiger charge is 2.34. The summed E-state index contributed by atoms with van der Waals surface area (Å²) in [5.41, 5.74) is 1.13. The van der Waals surface area contributed by atoms with Crippen LogP contribution in [0.1, 0.15) is 102 Å². The summed E-state index contributed by atoms with van der Waals surface area (Å²) in [6, 6.07) is 8.28. The first kappa shape index (κ1) is 25.9. The SMILES string of the molecule is C1CC2CCCC(C1)C2.O=C(O)CC/C(=N\O)c1nc2ccccc2n(C2CC3CCCC(C2)N3)c1=O. The molecule has 8 nitrogen and oxygen atoms in total. The zero-order valence-electron chi connectivity index (χ0n) is 21.6. The summed E-state index contributed by atoms with van der Waals surface area (Å²) in [5, 5.41) is 25.2. The third kappa shape index (κ3) is 6.06. The fourth-order valence-corrected chi connectivity index (χ4v) is 7.21. The Labute approximate surface area is 218 Å². The van der Waals surface area contributed by atoms with Crippen molar-refractivity contribution in [3.05, 3.63) is 40.3 Å². The van der Waals surface area contributed by atoms with Crippen LogP contribution < -0.4 is 10.9 Å². The van der Waals surface area contributed by atoms with Crippen molar-refractivity contribution in [3.63, 3.8) is 0 Å². The normalized spacial score (nSPS) is 29.3. The number of nitrogens with zero attached hydrogens (tertiary/aromatic N) is 3. The third-order valence-corrected chi connectivity index (χ3v) is 8.94. The number of piperidine rings is 2. The Kier molecular flexibility index (Phi) is 8.23. The standard InChI is InChI=1S/C20H24N4O4.C9H16/c25-18(26)9-8-16(23-28)19-20(27)24(17-7-2-1-6-15(17)22-19)14-10-12-4-3-5-13(11-14)21-12;1-3-8-5-2-6-9(4-1)7-8/h1-2,6-7,12-14,21,28H,3-5,8-11H2,(H,25,26);8-9H,1-7H2/b23-16+;. The number of rotatable bonds is 5. The van der Waals surface area contributed by atoms with Crippen LogP contribution in [0, 0.1) is 11.8 Å². The van der Waals surface area contributed by atoms with Crippen molar-refractivity contribution in [1.82, 2.24) is 14.9 Å². The molecule has 6 rings (SSSR count). The highest BCUT2D eigenvalue weighted by Crippen LogP contribution is 2.39. The predicted octanol–water partition coefficient (Wildman–Crippen LogP) is 5.26. The van der Waals surface area contributed by atoms with Crippen molar-refractivity contribution < 1.29 is 15.1 Å². The van der Waals surface area contributed by atoms with E-state index in [4.69, 9.17) is 5.11 Å². The van der Waals surface area contributed by atoms with Crippen LogP contribution in [0.5, 0.6) is 0 Å². The summed E-state index contributed by atoms with van der Waals surface area (Å²) in [6.45, 7) is 0. The van der Waals surface area contributed by atoms with Crippen LogP contribution in [0.25, 0.3) is 11.0 Å². The van der Waals surface area contributed by atoms with E-state index in [0.29, 0.717) is 17.6 Å². The summed E-state index contributed by atoms with van der Waals surface area (Å²) in [7, 11) is 0. The van der Waals surface area contributed by atoms with E-state index in [-0.39, 0.29) is 35.8 Å². The number of nitrogens with one attached hydrogen (secondary N) is 1. The third-order valence-electron chi connectivity index (χ3n) is 8.94. The lowest BCUT2D eigenvalue weighted by Crippen LogP contribution is -2.50. The number of aliphatic carboxylic acids is 1. The number of hydrogen-bond acceptors (Lipinski definition) is 6. The second-order valence-corrected chi connectivity index (χ2v) is 11.5. The summed E-state index contributed by atoms with van der Waals surface area (Å²) in [5.74, 6) is 1.28. The molecular formula is C29H40N4O4. The summed E-state index contributed by atoms with van der Waals surface area (Å²) in [4.78, 5) is 28.7. The molecule has 2 aliphatic carbocycles. The van der Waals surface area contributed by atoms with Crippen molar-refractivity contribution >= 4 is 22.7 Å². The largest absolute Gasteiger partial charge is 0.481 e. The van der Waals surface area contributed by atoms with E-state index in [9.17, 15) is 14.8 Å². The van der Waals surface area contributed by atoms with Gasteiger partial charge in [0.2, 0.25) is 0 Å². The van der Waals surface area contributed by atoms with Crippen molar-refractivity contribution in [3.8, 4) is 0 Å². The Morgan fingerprint density at radius 3 is 2.16 bits per heavy atom. The number of hydrogen-bond donors (Lipinski definition) is 3. The molecule has 4 fully saturated rings. The minimum Gasteiger partial charge on any atom is -0.481 e. The van der Waals surface area contributed by atoms with Gasteiger partial charge in [-0.1, -0.05) is 62.2 Å². The van der Waals surface area contributed by atoms with Gasteiger partial charge in [-0.2, -0.15) is 0 Å². The van der Waals surface area contributed by atoms with Crippen LogP contribution in [0.4, 0.5) is 0 Å². The maximum absolute atomic E-state index is 13.4. The Balaban J connectivity index is 0.000000260. The second-order valence-electron chi connectivity index (χ2n) is 11.5. The van der Waals surface area contributed by atoms with Crippen LogP contribution in [-0.4, -0.2) is 43.6 Å². The molecule has 1 aromatic heterocycles. The molecule has 200 valence electrons. The lowest BCUT2D eigenvalue weighted by molar-refractivity contribution is -0.136. The van der Waals surface area contributed by atoms with Gasteiger partial charge in [0, 0.05) is 24.5 Å². The Bertz CT molecular complexity index is 1160. The number of aromatic nitrogens is 2. The van der Waals surface area contributed by atoms with Gasteiger partial charge in [0.15, 0.2) is 5.69 Å².